The highest BCUT2D eigenvalue weighted by molar-refractivity contribution is 9.10. The average Bonchev–Trinajstić information content (AvgIpc) is 2.22. The third kappa shape index (κ3) is 2.23. The van der Waals surface area contributed by atoms with Gasteiger partial charge in [0.1, 0.15) is 0 Å². The minimum absolute atomic E-state index is 0.777. The highest BCUT2D eigenvalue weighted by Crippen LogP contribution is 2.19. The summed E-state index contributed by atoms with van der Waals surface area (Å²) in [6.45, 7) is 4.03. The van der Waals surface area contributed by atoms with Gasteiger partial charge in [-0.25, -0.2) is 9.97 Å². The van der Waals surface area contributed by atoms with Gasteiger partial charge in [0.2, 0.25) is 0 Å². The van der Waals surface area contributed by atoms with Gasteiger partial charge in [0.15, 0.2) is 5.82 Å². The molecule has 0 bridgehead atoms. The molecule has 0 saturated heterocycles. The monoisotopic (exact) mass is 262 g/mol. The van der Waals surface area contributed by atoms with Crippen LogP contribution in [-0.4, -0.2) is 9.97 Å². The van der Waals surface area contributed by atoms with Gasteiger partial charge in [0.05, 0.1) is 10.2 Å². The summed E-state index contributed by atoms with van der Waals surface area (Å²) in [5.74, 6) is 0.777. The van der Waals surface area contributed by atoms with E-state index < -0.39 is 0 Å². The number of nitrogens with zero attached hydrogens (tertiary/aromatic N) is 2. The Morgan fingerprint density at radius 3 is 2.67 bits per heavy atom. The summed E-state index contributed by atoms with van der Waals surface area (Å²) >= 11 is 3.39. The second-order valence-corrected chi connectivity index (χ2v) is 4.35. The van der Waals surface area contributed by atoms with Crippen LogP contribution in [0.1, 0.15) is 11.3 Å². The molecule has 0 N–H and O–H groups in total. The van der Waals surface area contributed by atoms with E-state index in [0.717, 1.165) is 21.6 Å². The molecule has 0 spiro atoms. The second kappa shape index (κ2) is 4.11. The minimum Gasteiger partial charge on any atom is -0.235 e. The van der Waals surface area contributed by atoms with Gasteiger partial charge in [-0.3, -0.25) is 0 Å². The first-order valence-electron chi connectivity index (χ1n) is 4.73. The topological polar surface area (TPSA) is 25.8 Å². The largest absolute Gasteiger partial charge is 0.235 e. The number of benzene rings is 1. The first-order chi connectivity index (χ1) is 7.16. The van der Waals surface area contributed by atoms with Crippen molar-refractivity contribution in [1.82, 2.24) is 9.97 Å². The molecule has 0 amide bonds. The van der Waals surface area contributed by atoms with E-state index in [0.29, 0.717) is 0 Å². The molecule has 2 nitrogen and oxygen atoms in total. The van der Waals surface area contributed by atoms with Crippen molar-refractivity contribution in [1.29, 1.82) is 0 Å². The standard InChI is InChI=1S/C12H11BrN2/c1-8-4-3-5-10(6-8)12-14-7-11(13)9(2)15-12/h3-7H,1-2H3. The first-order valence-corrected chi connectivity index (χ1v) is 5.52. The normalized spacial score (nSPS) is 10.3. The van der Waals surface area contributed by atoms with E-state index in [9.17, 15) is 0 Å². The molecule has 0 aliphatic rings. The maximum absolute atomic E-state index is 4.43. The molecule has 0 radical (unpaired) electrons. The zero-order valence-electron chi connectivity index (χ0n) is 8.66. The zero-order valence-corrected chi connectivity index (χ0v) is 10.2. The predicted octanol–water partition coefficient (Wildman–Crippen LogP) is 3.52. The Morgan fingerprint density at radius 1 is 1.20 bits per heavy atom. The summed E-state index contributed by atoms with van der Waals surface area (Å²) in [5, 5.41) is 0. The average molecular weight is 263 g/mol. The molecule has 0 unspecified atom stereocenters. The fourth-order valence-electron chi connectivity index (χ4n) is 1.38. The first kappa shape index (κ1) is 10.3. The molecule has 3 heteroatoms. The van der Waals surface area contributed by atoms with Crippen LogP contribution in [0.25, 0.3) is 11.4 Å². The SMILES string of the molecule is Cc1cccc(-c2ncc(Br)c(C)n2)c1. The molecule has 2 aromatic rings. The Labute approximate surface area is 97.5 Å². The lowest BCUT2D eigenvalue weighted by atomic mass is 10.1. The highest BCUT2D eigenvalue weighted by Gasteiger charge is 2.03. The van der Waals surface area contributed by atoms with Crippen LogP contribution in [0.3, 0.4) is 0 Å². The fraction of sp³-hybridized carbons (Fsp3) is 0.167. The zero-order chi connectivity index (χ0) is 10.8. The Morgan fingerprint density at radius 2 is 2.00 bits per heavy atom. The third-order valence-corrected chi connectivity index (χ3v) is 2.97. The molecule has 0 aliphatic heterocycles. The molecule has 76 valence electrons. The molecule has 1 aromatic heterocycles. The number of rotatable bonds is 1. The van der Waals surface area contributed by atoms with Gasteiger partial charge in [-0.05, 0) is 35.8 Å². The highest BCUT2D eigenvalue weighted by atomic mass is 79.9. The van der Waals surface area contributed by atoms with Crippen LogP contribution >= 0.6 is 15.9 Å². The van der Waals surface area contributed by atoms with Crippen molar-refractivity contribution in [2.24, 2.45) is 0 Å². The molecule has 0 saturated carbocycles. The van der Waals surface area contributed by atoms with Crippen molar-refractivity contribution in [3.63, 3.8) is 0 Å². The summed E-state index contributed by atoms with van der Waals surface area (Å²) in [7, 11) is 0. The number of aromatic nitrogens is 2. The van der Waals surface area contributed by atoms with Gasteiger partial charge in [-0.15, -0.1) is 0 Å². The second-order valence-electron chi connectivity index (χ2n) is 3.50. The van der Waals surface area contributed by atoms with E-state index in [1.54, 1.807) is 6.20 Å². The van der Waals surface area contributed by atoms with Gasteiger partial charge >= 0.3 is 0 Å². The summed E-state index contributed by atoms with van der Waals surface area (Å²) in [6.07, 6.45) is 1.79. The Kier molecular flexibility index (Phi) is 2.82. The van der Waals surface area contributed by atoms with Crippen molar-refractivity contribution in [2.45, 2.75) is 13.8 Å². The van der Waals surface area contributed by atoms with Gasteiger partial charge < -0.3 is 0 Å². The number of aryl methyl sites for hydroxylation is 2. The van der Waals surface area contributed by atoms with Crippen molar-refractivity contribution >= 4 is 15.9 Å². The molecule has 0 atom stereocenters. The Bertz CT molecular complexity index is 495. The van der Waals surface area contributed by atoms with Crippen LogP contribution in [0.4, 0.5) is 0 Å². The van der Waals surface area contributed by atoms with Crippen LogP contribution in [0.15, 0.2) is 34.9 Å². The molecule has 0 aliphatic carbocycles. The summed E-state index contributed by atoms with van der Waals surface area (Å²) in [5.41, 5.74) is 3.24. The van der Waals surface area contributed by atoms with Crippen LogP contribution in [-0.2, 0) is 0 Å². The van der Waals surface area contributed by atoms with Crippen molar-refractivity contribution in [3.8, 4) is 11.4 Å². The predicted molar refractivity (Wildman–Crippen MR) is 64.6 cm³/mol. The van der Waals surface area contributed by atoms with Gasteiger partial charge in [-0.1, -0.05) is 23.8 Å². The van der Waals surface area contributed by atoms with Gasteiger partial charge in [0, 0.05) is 11.8 Å². The van der Waals surface area contributed by atoms with Crippen LogP contribution < -0.4 is 0 Å². The lowest BCUT2D eigenvalue weighted by molar-refractivity contribution is 1.09. The Balaban J connectivity index is 2.50. The maximum atomic E-state index is 4.43. The lowest BCUT2D eigenvalue weighted by Gasteiger charge is -2.03. The van der Waals surface area contributed by atoms with E-state index in [4.69, 9.17) is 0 Å². The molecule has 0 fully saturated rings. The van der Waals surface area contributed by atoms with Crippen LogP contribution in [0.2, 0.25) is 0 Å². The maximum Gasteiger partial charge on any atom is 0.159 e. The molecular formula is C12H11BrN2. The quantitative estimate of drug-likeness (QED) is 0.786. The van der Waals surface area contributed by atoms with Gasteiger partial charge in [0.25, 0.3) is 0 Å². The third-order valence-electron chi connectivity index (χ3n) is 2.20. The number of hydrogen-bond acceptors (Lipinski definition) is 2. The van der Waals surface area contributed by atoms with Crippen LogP contribution in [0, 0.1) is 13.8 Å². The van der Waals surface area contributed by atoms with Crippen molar-refractivity contribution in [2.75, 3.05) is 0 Å². The van der Waals surface area contributed by atoms with E-state index in [-0.39, 0.29) is 0 Å². The summed E-state index contributed by atoms with van der Waals surface area (Å²) in [4.78, 5) is 8.72. The lowest BCUT2D eigenvalue weighted by Crippen LogP contribution is -1.92. The number of halogens is 1. The molecule has 1 aromatic carbocycles. The minimum atomic E-state index is 0.777. The molecule has 1 heterocycles. The van der Waals surface area contributed by atoms with Gasteiger partial charge in [-0.2, -0.15) is 0 Å². The molecule has 2 rings (SSSR count). The summed E-state index contributed by atoms with van der Waals surface area (Å²) in [6, 6.07) is 8.19. The van der Waals surface area contributed by atoms with E-state index >= 15 is 0 Å². The van der Waals surface area contributed by atoms with Crippen LogP contribution in [0.5, 0.6) is 0 Å². The fourth-order valence-corrected chi connectivity index (χ4v) is 1.57. The van der Waals surface area contributed by atoms with Crippen molar-refractivity contribution < 1.29 is 0 Å². The van der Waals surface area contributed by atoms with Crippen molar-refractivity contribution in [3.05, 3.63) is 46.2 Å². The molecular weight excluding hydrogens is 252 g/mol. The van der Waals surface area contributed by atoms with E-state index in [2.05, 4.69) is 45.0 Å². The van der Waals surface area contributed by atoms with E-state index in [1.807, 2.05) is 19.1 Å². The Hall–Kier alpha value is -1.22. The smallest absolute Gasteiger partial charge is 0.159 e. The van der Waals surface area contributed by atoms with E-state index in [1.165, 1.54) is 5.56 Å². The summed E-state index contributed by atoms with van der Waals surface area (Å²) < 4.78 is 0.943. The molecule has 15 heavy (non-hydrogen) atoms. The number of hydrogen-bond donors (Lipinski definition) is 0.